The molecule has 13 nitrogen and oxygen atoms in total. The van der Waals surface area contributed by atoms with Gasteiger partial charge in [-0.2, -0.15) is 8.42 Å². The van der Waals surface area contributed by atoms with Gasteiger partial charge in [0.15, 0.2) is 12.4 Å². The van der Waals surface area contributed by atoms with E-state index in [9.17, 15) is 22.6 Å². The van der Waals surface area contributed by atoms with Gasteiger partial charge in [-0.3, -0.25) is 14.1 Å². The minimum atomic E-state index is -5.17. The Labute approximate surface area is 464 Å². The smallest absolute Gasteiger partial charge is 0.397 e. The Morgan fingerprint density at radius 3 is 1.56 bits per heavy atom. The van der Waals surface area contributed by atoms with E-state index in [1.165, 1.54) is 122 Å². The Morgan fingerprint density at radius 1 is 0.597 bits per heavy atom. The van der Waals surface area contributed by atoms with E-state index < -0.39 is 59.2 Å². The number of esters is 1. The largest absolute Gasteiger partial charge is 0.457 e. The number of amides is 1. The summed E-state index contributed by atoms with van der Waals surface area (Å²) in [6.45, 7) is 5.70. The molecule has 1 heterocycles. The molecule has 1 aliphatic rings. The Balaban J connectivity index is 1.56. The third kappa shape index (κ3) is 30.3. The molecular formula is C63H97NO12S. The molecule has 0 saturated carbocycles. The Kier molecular flexibility index (Phi) is 35.0. The van der Waals surface area contributed by atoms with Gasteiger partial charge in [-0.15, -0.1) is 0 Å². The van der Waals surface area contributed by atoms with Crippen molar-refractivity contribution in [1.29, 1.82) is 0 Å². The van der Waals surface area contributed by atoms with Gasteiger partial charge in [0.1, 0.15) is 18.3 Å². The molecule has 5 unspecified atom stereocenters. The summed E-state index contributed by atoms with van der Waals surface area (Å²) < 4.78 is 79.2. The number of ether oxygens (including phenoxy) is 6. The number of rotatable bonds is 45. The molecule has 4 rings (SSSR count). The number of carbonyl (C=O) groups excluding carboxylic acids is 2. The van der Waals surface area contributed by atoms with Crippen molar-refractivity contribution >= 4 is 22.3 Å². The summed E-state index contributed by atoms with van der Waals surface area (Å²) in [5, 5.41) is 3.26. The predicted molar refractivity (Wildman–Crippen MR) is 305 cm³/mol. The Hall–Kier alpha value is -3.99. The molecule has 1 amide bonds. The summed E-state index contributed by atoms with van der Waals surface area (Å²) in [5.41, 5.74) is 2.56. The molecule has 3 aromatic rings. The number of hydrogen-bond donors (Lipinski definition) is 2. The lowest BCUT2D eigenvalue weighted by molar-refractivity contribution is -0.313. The van der Waals surface area contributed by atoms with E-state index in [0.717, 1.165) is 61.6 Å². The summed E-state index contributed by atoms with van der Waals surface area (Å²) in [5.74, 6) is -0.897. The van der Waals surface area contributed by atoms with Gasteiger partial charge < -0.3 is 33.7 Å². The molecule has 0 radical (unpaired) electrons. The zero-order valence-electron chi connectivity index (χ0n) is 47.1. The van der Waals surface area contributed by atoms with E-state index in [1.54, 1.807) is 0 Å². The maximum Gasteiger partial charge on any atom is 0.397 e. The number of nitrogens with one attached hydrogen (secondary N) is 1. The summed E-state index contributed by atoms with van der Waals surface area (Å²) in [4.78, 5) is 26.8. The third-order valence-corrected chi connectivity index (χ3v) is 14.5. The van der Waals surface area contributed by atoms with Crippen LogP contribution in [0.3, 0.4) is 0 Å². The quantitative estimate of drug-likeness (QED) is 0.0238. The van der Waals surface area contributed by atoms with E-state index in [0.29, 0.717) is 6.42 Å². The van der Waals surface area contributed by atoms with Gasteiger partial charge in [-0.1, -0.05) is 258 Å². The molecule has 1 saturated heterocycles. The van der Waals surface area contributed by atoms with Crippen molar-refractivity contribution in [2.75, 3.05) is 13.2 Å². The predicted octanol–water partition coefficient (Wildman–Crippen LogP) is 14.5. The zero-order valence-corrected chi connectivity index (χ0v) is 47.9. The summed E-state index contributed by atoms with van der Waals surface area (Å²) in [6.07, 6.45) is 26.9. The van der Waals surface area contributed by atoms with Gasteiger partial charge in [-0.25, -0.2) is 4.18 Å². The van der Waals surface area contributed by atoms with Crippen LogP contribution in [-0.2, 0) is 72.4 Å². The number of carbonyl (C=O) groups is 2. The van der Waals surface area contributed by atoms with E-state index in [1.807, 2.05) is 97.1 Å². The molecule has 1 aliphatic heterocycles. The number of unbranched alkanes of at least 4 members (excludes halogenated alkanes) is 23. The highest BCUT2D eigenvalue weighted by atomic mass is 32.3. The van der Waals surface area contributed by atoms with Crippen LogP contribution in [0.2, 0.25) is 0 Å². The maximum atomic E-state index is 14.1. The first-order chi connectivity index (χ1) is 37.6. The topological polar surface area (TPSA) is 165 Å². The van der Waals surface area contributed by atoms with Crippen LogP contribution in [0.1, 0.15) is 204 Å². The number of hydrogen-bond acceptors (Lipinski definition) is 11. The SMILES string of the molecule is CCCCCCCCCCCCC/C=C/[C@@H](OCc1ccccc1)[C@H](COC1OC(COCc2ccccc2)C(OC(C)=O)C(OS(=O)(=O)O)C1OCc1ccccc1)NC(=O)CCCCCCCCCCCCCCC. The first-order valence-corrected chi connectivity index (χ1v) is 30.9. The zero-order chi connectivity index (χ0) is 55.0. The monoisotopic (exact) mass is 1090 g/mol. The molecule has 2 N–H and O–H groups in total. The second kappa shape index (κ2) is 41.1. The molecule has 432 valence electrons. The first kappa shape index (κ1) is 65.5. The Morgan fingerprint density at radius 2 is 1.06 bits per heavy atom. The molecule has 3 aromatic carbocycles. The van der Waals surface area contributed by atoms with Crippen LogP contribution >= 0.6 is 0 Å². The lowest BCUT2D eigenvalue weighted by Gasteiger charge is -2.44. The van der Waals surface area contributed by atoms with Gasteiger partial charge in [0.05, 0.1) is 45.2 Å². The molecule has 1 fully saturated rings. The van der Waals surface area contributed by atoms with Crippen molar-refractivity contribution in [3.8, 4) is 0 Å². The van der Waals surface area contributed by atoms with Crippen molar-refractivity contribution in [3.05, 3.63) is 120 Å². The minimum absolute atomic E-state index is 0.0497. The van der Waals surface area contributed by atoms with Crippen molar-refractivity contribution in [2.24, 2.45) is 0 Å². The lowest BCUT2D eigenvalue weighted by atomic mass is 9.98. The molecule has 7 atom stereocenters. The van der Waals surface area contributed by atoms with Gasteiger partial charge in [0, 0.05) is 13.3 Å². The number of allylic oxidation sites excluding steroid dienone is 1. The van der Waals surface area contributed by atoms with E-state index in [2.05, 4.69) is 25.2 Å². The van der Waals surface area contributed by atoms with Crippen molar-refractivity contribution in [2.45, 2.75) is 250 Å². The standard InChI is InChI=1S/C63H97NO12S/c1-4-6-8-10-12-14-16-18-20-22-24-26-37-45-57(71-48-54-41-33-29-34-42-54)56(64-59(66)46-38-27-25-23-21-19-17-15-13-11-9-7-5-2)50-73-63-62(72-49-55-43-35-30-36-44-55)61(76-77(67,68)69)60(74-52(3)65)58(75-63)51-70-47-53-39-31-28-32-40-53/h28-37,39-45,56-58,60-63H,4-27,38,46-51H2,1-3H3,(H,64,66)(H,67,68,69)/b45-37+/t56-,57+,58?,60?,61?,62?,63?/m0/s1. The lowest BCUT2D eigenvalue weighted by Crippen LogP contribution is -2.63. The van der Waals surface area contributed by atoms with E-state index in [-0.39, 0.29) is 38.9 Å². The van der Waals surface area contributed by atoms with Gasteiger partial charge >= 0.3 is 16.4 Å². The molecule has 0 spiro atoms. The van der Waals surface area contributed by atoms with Crippen molar-refractivity contribution in [1.82, 2.24) is 5.32 Å². The van der Waals surface area contributed by atoms with E-state index >= 15 is 0 Å². The van der Waals surface area contributed by atoms with Crippen LogP contribution in [0, 0.1) is 0 Å². The normalized spacial score (nSPS) is 18.6. The molecule has 0 aliphatic carbocycles. The fourth-order valence-corrected chi connectivity index (χ4v) is 10.3. The second-order valence-corrected chi connectivity index (χ2v) is 21.9. The van der Waals surface area contributed by atoms with Crippen LogP contribution in [0.4, 0.5) is 0 Å². The highest BCUT2D eigenvalue weighted by Crippen LogP contribution is 2.32. The minimum Gasteiger partial charge on any atom is -0.457 e. The van der Waals surface area contributed by atoms with Crippen LogP contribution < -0.4 is 5.32 Å². The highest BCUT2D eigenvalue weighted by molar-refractivity contribution is 7.80. The third-order valence-electron chi connectivity index (χ3n) is 14.1. The maximum absolute atomic E-state index is 14.1. The summed E-state index contributed by atoms with van der Waals surface area (Å²) in [7, 11) is -5.17. The van der Waals surface area contributed by atoms with Crippen LogP contribution in [0.25, 0.3) is 0 Å². The van der Waals surface area contributed by atoms with Crippen LogP contribution in [0.5, 0.6) is 0 Å². The van der Waals surface area contributed by atoms with Gasteiger partial charge in [-0.05, 0) is 36.0 Å². The average Bonchev–Trinajstić information content (AvgIpc) is 3.42. The molecular weight excluding hydrogens is 995 g/mol. The van der Waals surface area contributed by atoms with Crippen molar-refractivity contribution < 1.29 is 55.2 Å². The number of benzene rings is 3. The van der Waals surface area contributed by atoms with Crippen molar-refractivity contribution in [3.63, 3.8) is 0 Å². The van der Waals surface area contributed by atoms with E-state index in [4.69, 9.17) is 32.6 Å². The molecule has 77 heavy (non-hydrogen) atoms. The highest BCUT2D eigenvalue weighted by Gasteiger charge is 2.52. The summed E-state index contributed by atoms with van der Waals surface area (Å²) in [6, 6.07) is 27.7. The molecule has 0 bridgehead atoms. The Bertz CT molecular complexity index is 2080. The summed E-state index contributed by atoms with van der Waals surface area (Å²) >= 11 is 0. The fourth-order valence-electron chi connectivity index (χ4n) is 9.77. The van der Waals surface area contributed by atoms with Crippen LogP contribution in [0.15, 0.2) is 103 Å². The fraction of sp³-hybridized carbons (Fsp3) is 0.651. The van der Waals surface area contributed by atoms with Crippen LogP contribution in [-0.4, -0.2) is 80.9 Å². The second-order valence-electron chi connectivity index (χ2n) is 20.9. The average molecular weight is 1090 g/mol. The molecule has 0 aromatic heterocycles. The van der Waals surface area contributed by atoms with Gasteiger partial charge in [0.25, 0.3) is 0 Å². The molecule has 14 heteroatoms. The first-order valence-electron chi connectivity index (χ1n) is 29.5. The van der Waals surface area contributed by atoms with Gasteiger partial charge in [0.2, 0.25) is 5.91 Å².